The molecular weight excluding hydrogens is 431 g/mol. The molecule has 0 radical (unpaired) electrons. The fraction of sp³-hybridized carbons (Fsp3) is 0.333. The SMILES string of the molecule is COc1cc(C(=O)N2CCN(C(=O)c3cc(Cl)cc(Cl)c3)CC2)cc(OC)c1OC. The van der Waals surface area contributed by atoms with Gasteiger partial charge in [0.05, 0.1) is 21.3 Å². The molecule has 0 unspecified atom stereocenters. The van der Waals surface area contributed by atoms with Gasteiger partial charge in [0.15, 0.2) is 11.5 Å². The monoisotopic (exact) mass is 452 g/mol. The molecule has 1 aliphatic heterocycles. The lowest BCUT2D eigenvalue weighted by atomic mass is 10.1. The van der Waals surface area contributed by atoms with Gasteiger partial charge in [-0.2, -0.15) is 0 Å². The molecule has 0 N–H and O–H groups in total. The predicted molar refractivity (Wildman–Crippen MR) is 114 cm³/mol. The highest BCUT2D eigenvalue weighted by Gasteiger charge is 2.27. The Bertz CT molecular complexity index is 913. The van der Waals surface area contributed by atoms with Crippen LogP contribution in [-0.2, 0) is 0 Å². The van der Waals surface area contributed by atoms with Crippen molar-refractivity contribution < 1.29 is 23.8 Å². The number of piperazine rings is 1. The maximum Gasteiger partial charge on any atom is 0.254 e. The highest BCUT2D eigenvalue weighted by Crippen LogP contribution is 2.38. The first kappa shape index (κ1) is 22.1. The number of ether oxygens (including phenoxy) is 3. The lowest BCUT2D eigenvalue weighted by molar-refractivity contribution is 0.0535. The van der Waals surface area contributed by atoms with Gasteiger partial charge in [0, 0.05) is 47.4 Å². The maximum atomic E-state index is 13.0. The first-order chi connectivity index (χ1) is 14.4. The zero-order chi connectivity index (χ0) is 21.8. The number of hydrogen-bond acceptors (Lipinski definition) is 5. The highest BCUT2D eigenvalue weighted by atomic mass is 35.5. The summed E-state index contributed by atoms with van der Waals surface area (Å²) in [5.74, 6) is 0.900. The van der Waals surface area contributed by atoms with Crippen LogP contribution in [0.3, 0.4) is 0 Å². The Hall–Kier alpha value is -2.64. The summed E-state index contributed by atoms with van der Waals surface area (Å²) < 4.78 is 15.9. The zero-order valence-corrected chi connectivity index (χ0v) is 18.4. The molecule has 0 aromatic heterocycles. The number of amides is 2. The molecule has 7 nitrogen and oxygen atoms in total. The molecule has 160 valence electrons. The lowest BCUT2D eigenvalue weighted by Crippen LogP contribution is -2.50. The van der Waals surface area contributed by atoms with Crippen molar-refractivity contribution in [1.29, 1.82) is 0 Å². The number of benzene rings is 2. The Morgan fingerprint density at radius 1 is 0.700 bits per heavy atom. The van der Waals surface area contributed by atoms with Gasteiger partial charge in [-0.05, 0) is 30.3 Å². The maximum absolute atomic E-state index is 13.0. The minimum absolute atomic E-state index is 0.167. The fourth-order valence-corrected chi connectivity index (χ4v) is 3.89. The minimum Gasteiger partial charge on any atom is -0.493 e. The lowest BCUT2D eigenvalue weighted by Gasteiger charge is -2.35. The van der Waals surface area contributed by atoms with Gasteiger partial charge in [-0.15, -0.1) is 0 Å². The van der Waals surface area contributed by atoms with Crippen molar-refractivity contribution in [3.63, 3.8) is 0 Å². The predicted octanol–water partition coefficient (Wildman–Crippen LogP) is 3.62. The van der Waals surface area contributed by atoms with Gasteiger partial charge in [0.25, 0.3) is 11.8 Å². The molecule has 0 atom stereocenters. The van der Waals surface area contributed by atoms with Gasteiger partial charge in [-0.25, -0.2) is 0 Å². The number of nitrogens with zero attached hydrogens (tertiary/aromatic N) is 2. The van der Waals surface area contributed by atoms with Crippen LogP contribution in [0.4, 0.5) is 0 Å². The normalized spacial score (nSPS) is 13.8. The van der Waals surface area contributed by atoms with E-state index in [4.69, 9.17) is 37.4 Å². The van der Waals surface area contributed by atoms with Crippen LogP contribution in [-0.4, -0.2) is 69.1 Å². The van der Waals surface area contributed by atoms with Crippen LogP contribution in [0.5, 0.6) is 17.2 Å². The summed E-state index contributed by atoms with van der Waals surface area (Å²) in [4.78, 5) is 29.1. The van der Waals surface area contributed by atoms with E-state index in [1.807, 2.05) is 0 Å². The number of halogens is 2. The fourth-order valence-electron chi connectivity index (χ4n) is 3.36. The largest absolute Gasteiger partial charge is 0.493 e. The van der Waals surface area contributed by atoms with Gasteiger partial charge in [0.1, 0.15) is 0 Å². The van der Waals surface area contributed by atoms with Crippen molar-refractivity contribution >= 4 is 35.0 Å². The molecule has 30 heavy (non-hydrogen) atoms. The summed E-state index contributed by atoms with van der Waals surface area (Å²) in [5.41, 5.74) is 0.850. The second-order valence-electron chi connectivity index (χ2n) is 6.66. The van der Waals surface area contributed by atoms with Crippen molar-refractivity contribution in [3.05, 3.63) is 51.5 Å². The standard InChI is InChI=1S/C21H22Cl2N2O5/c1-28-17-10-14(11-18(29-2)19(17)30-3)21(27)25-6-4-24(5-7-25)20(26)13-8-15(22)12-16(23)9-13/h8-12H,4-7H2,1-3H3. The van der Waals surface area contributed by atoms with Crippen LogP contribution >= 0.6 is 23.2 Å². The van der Waals surface area contributed by atoms with Crippen LogP contribution in [0.2, 0.25) is 10.0 Å². The van der Waals surface area contributed by atoms with Crippen molar-refractivity contribution in [2.24, 2.45) is 0 Å². The first-order valence-electron chi connectivity index (χ1n) is 9.22. The molecule has 9 heteroatoms. The van der Waals surface area contributed by atoms with Crippen molar-refractivity contribution in [3.8, 4) is 17.2 Å². The topological polar surface area (TPSA) is 68.3 Å². The first-order valence-corrected chi connectivity index (χ1v) is 9.98. The number of hydrogen-bond donors (Lipinski definition) is 0. The summed E-state index contributed by atoms with van der Waals surface area (Å²) in [6.07, 6.45) is 0. The van der Waals surface area contributed by atoms with Crippen LogP contribution in [0.25, 0.3) is 0 Å². The third-order valence-electron chi connectivity index (χ3n) is 4.88. The molecule has 2 amide bonds. The molecule has 3 rings (SSSR count). The second kappa shape index (κ2) is 9.45. The van der Waals surface area contributed by atoms with Crippen LogP contribution in [0.1, 0.15) is 20.7 Å². The third-order valence-corrected chi connectivity index (χ3v) is 5.31. The Balaban J connectivity index is 1.72. The van der Waals surface area contributed by atoms with Crippen LogP contribution in [0.15, 0.2) is 30.3 Å². The molecule has 1 heterocycles. The second-order valence-corrected chi connectivity index (χ2v) is 7.53. The number of carbonyl (C=O) groups excluding carboxylic acids is 2. The molecule has 1 saturated heterocycles. The molecular formula is C21H22Cl2N2O5. The minimum atomic E-state index is -0.174. The van der Waals surface area contributed by atoms with E-state index in [1.165, 1.54) is 21.3 Å². The van der Waals surface area contributed by atoms with Crippen molar-refractivity contribution in [2.45, 2.75) is 0 Å². The van der Waals surface area contributed by atoms with E-state index in [0.717, 1.165) is 0 Å². The van der Waals surface area contributed by atoms with Gasteiger partial charge >= 0.3 is 0 Å². The summed E-state index contributed by atoms with van der Waals surface area (Å²) in [5, 5.41) is 0.809. The Morgan fingerprint density at radius 3 is 1.47 bits per heavy atom. The average Bonchev–Trinajstić information content (AvgIpc) is 2.76. The van der Waals surface area contributed by atoms with Crippen LogP contribution < -0.4 is 14.2 Å². The van der Waals surface area contributed by atoms with E-state index in [0.29, 0.717) is 64.6 Å². The number of methoxy groups -OCH3 is 3. The Morgan fingerprint density at radius 2 is 1.10 bits per heavy atom. The van der Waals surface area contributed by atoms with Gasteiger partial charge < -0.3 is 24.0 Å². The molecule has 2 aromatic rings. The van der Waals surface area contributed by atoms with E-state index in [-0.39, 0.29) is 11.8 Å². The summed E-state index contributed by atoms with van der Waals surface area (Å²) in [7, 11) is 4.50. The highest BCUT2D eigenvalue weighted by molar-refractivity contribution is 6.35. The Kier molecular flexibility index (Phi) is 6.95. The van der Waals surface area contributed by atoms with E-state index < -0.39 is 0 Å². The molecule has 0 saturated carbocycles. The number of carbonyl (C=O) groups is 2. The van der Waals surface area contributed by atoms with Gasteiger partial charge in [-0.1, -0.05) is 23.2 Å². The molecule has 1 aliphatic rings. The summed E-state index contributed by atoms with van der Waals surface area (Å²) >= 11 is 12.0. The molecule has 0 aliphatic carbocycles. The van der Waals surface area contributed by atoms with E-state index in [9.17, 15) is 9.59 Å². The van der Waals surface area contributed by atoms with Crippen molar-refractivity contribution in [2.75, 3.05) is 47.5 Å². The van der Waals surface area contributed by atoms with Crippen molar-refractivity contribution in [1.82, 2.24) is 9.80 Å². The molecule has 0 bridgehead atoms. The molecule has 2 aromatic carbocycles. The van der Waals surface area contributed by atoms with Gasteiger partial charge in [-0.3, -0.25) is 9.59 Å². The smallest absolute Gasteiger partial charge is 0.254 e. The molecule has 0 spiro atoms. The summed E-state index contributed by atoms with van der Waals surface area (Å²) in [6.45, 7) is 1.60. The van der Waals surface area contributed by atoms with E-state index in [2.05, 4.69) is 0 Å². The average molecular weight is 453 g/mol. The zero-order valence-electron chi connectivity index (χ0n) is 16.9. The summed E-state index contributed by atoms with van der Waals surface area (Å²) in [6, 6.07) is 7.99. The molecule has 1 fully saturated rings. The number of rotatable bonds is 5. The van der Waals surface area contributed by atoms with Crippen LogP contribution in [0, 0.1) is 0 Å². The Labute approximate surface area is 185 Å². The van der Waals surface area contributed by atoms with E-state index in [1.54, 1.807) is 40.1 Å². The third kappa shape index (κ3) is 4.57. The van der Waals surface area contributed by atoms with E-state index >= 15 is 0 Å². The van der Waals surface area contributed by atoms with Gasteiger partial charge in [0.2, 0.25) is 5.75 Å². The quantitative estimate of drug-likeness (QED) is 0.692.